The van der Waals surface area contributed by atoms with Gasteiger partial charge in [0.05, 0.1) is 61.0 Å². The van der Waals surface area contributed by atoms with Gasteiger partial charge in [0.15, 0.2) is 16.6 Å². The van der Waals surface area contributed by atoms with Crippen molar-refractivity contribution in [3.8, 4) is 0 Å². The highest BCUT2D eigenvalue weighted by molar-refractivity contribution is 6.74. The molecule has 0 saturated carbocycles. The Labute approximate surface area is 330 Å². The molecule has 54 heavy (non-hydrogen) atoms. The van der Waals surface area contributed by atoms with E-state index in [1.54, 1.807) is 0 Å². The van der Waals surface area contributed by atoms with Gasteiger partial charge in [0.25, 0.3) is 0 Å². The molecule has 7 nitrogen and oxygen atoms in total. The van der Waals surface area contributed by atoms with E-state index in [1.807, 2.05) is 24.3 Å². The van der Waals surface area contributed by atoms with Crippen molar-refractivity contribution in [2.75, 3.05) is 13.2 Å². The summed E-state index contributed by atoms with van der Waals surface area (Å²) in [7, 11) is -3.98. The minimum Gasteiger partial charge on any atom is -0.417 e. The first-order valence-electron chi connectivity index (χ1n) is 20.7. The quantitative estimate of drug-likeness (QED) is 0.140. The van der Waals surface area contributed by atoms with Gasteiger partial charge in [0.1, 0.15) is 6.10 Å². The Morgan fingerprint density at radius 2 is 1.31 bits per heavy atom. The monoisotopic (exact) mass is 782 g/mol. The minimum absolute atomic E-state index is 0.0471. The first-order chi connectivity index (χ1) is 25.1. The fourth-order valence-electron chi connectivity index (χ4n) is 7.82. The highest BCUT2D eigenvalue weighted by Gasteiger charge is 2.60. The molecule has 0 spiro atoms. The zero-order valence-corrected chi connectivity index (χ0v) is 38.1. The van der Waals surface area contributed by atoms with Crippen molar-refractivity contribution >= 4 is 16.6 Å². The summed E-state index contributed by atoms with van der Waals surface area (Å²) in [6, 6.07) is 20.7. The summed E-state index contributed by atoms with van der Waals surface area (Å²) in [5.74, 6) is 0. The summed E-state index contributed by atoms with van der Waals surface area (Å²) in [5, 5.41) is 0.258. The molecule has 0 aliphatic carbocycles. The molecule has 3 aliphatic rings. The lowest BCUT2D eigenvalue weighted by Crippen LogP contribution is -2.67. The molecule has 0 aromatic heterocycles. The molecule has 9 heteroatoms. The maximum Gasteiger partial charge on any atom is 0.192 e. The first-order valence-corrected chi connectivity index (χ1v) is 26.5. The lowest BCUT2D eigenvalue weighted by molar-refractivity contribution is -0.331. The maximum atomic E-state index is 7.48. The highest BCUT2D eigenvalue weighted by atomic mass is 28.4. The van der Waals surface area contributed by atoms with E-state index in [-0.39, 0.29) is 40.6 Å². The fraction of sp³-hybridized carbons (Fsp3) is 0.733. The lowest BCUT2D eigenvalue weighted by atomic mass is 9.75. The number of rotatable bonds is 14. The van der Waals surface area contributed by atoms with Gasteiger partial charge in [-0.1, -0.05) is 102 Å². The van der Waals surface area contributed by atoms with Crippen LogP contribution in [0.5, 0.6) is 0 Å². The average molecular weight is 783 g/mol. The Morgan fingerprint density at radius 1 is 0.722 bits per heavy atom. The van der Waals surface area contributed by atoms with Gasteiger partial charge in [-0.25, -0.2) is 0 Å². The predicted molar refractivity (Wildman–Crippen MR) is 224 cm³/mol. The Morgan fingerprint density at radius 3 is 1.91 bits per heavy atom. The van der Waals surface area contributed by atoms with Gasteiger partial charge in [0, 0.05) is 19.4 Å². The van der Waals surface area contributed by atoms with E-state index in [0.717, 1.165) is 56.3 Å². The normalized spacial score (nSPS) is 32.4. The third kappa shape index (κ3) is 10.4. The van der Waals surface area contributed by atoms with Crippen molar-refractivity contribution in [3.63, 3.8) is 0 Å². The van der Waals surface area contributed by atoms with Crippen LogP contribution in [0.2, 0.25) is 36.3 Å². The molecule has 3 fully saturated rings. The standard InChI is InChI=1S/C45H74O7Si2/c1-41(2,3)53(10,11)48-28-20-26-43(7)38(52-54(12,13)42(4,5)6)25-27-44(8)40(51-43)30-45(9)39(50-44)29-36(47-32-35-23-18-15-19-24-35)37(49-45)33-46-31-34-21-16-14-17-22-34/h14-19,21-24,36-40H,20,25-33H2,1-13H3/t36-,37+,38+,39+,40+,43-,44-,45-/m0/s1. The molecule has 0 bridgehead atoms. The summed E-state index contributed by atoms with van der Waals surface area (Å²) in [4.78, 5) is 0. The third-order valence-corrected chi connectivity index (χ3v) is 22.7. The molecule has 8 atom stereocenters. The largest absolute Gasteiger partial charge is 0.417 e. The summed E-state index contributed by atoms with van der Waals surface area (Å²) in [6.07, 6.45) is 4.22. The molecule has 2 aromatic carbocycles. The van der Waals surface area contributed by atoms with E-state index in [9.17, 15) is 0 Å². The summed E-state index contributed by atoms with van der Waals surface area (Å²) in [6.45, 7) is 32.3. The van der Waals surface area contributed by atoms with E-state index in [2.05, 4.69) is 125 Å². The van der Waals surface area contributed by atoms with Crippen molar-refractivity contribution in [1.82, 2.24) is 0 Å². The highest BCUT2D eigenvalue weighted by Crippen LogP contribution is 2.52. The van der Waals surface area contributed by atoms with E-state index in [4.69, 9.17) is 32.5 Å². The van der Waals surface area contributed by atoms with Crippen LogP contribution in [-0.4, -0.2) is 77.2 Å². The smallest absolute Gasteiger partial charge is 0.192 e. The van der Waals surface area contributed by atoms with Gasteiger partial charge in [-0.2, -0.15) is 0 Å². The van der Waals surface area contributed by atoms with Crippen molar-refractivity contribution in [2.24, 2.45) is 0 Å². The topological polar surface area (TPSA) is 64.6 Å². The van der Waals surface area contributed by atoms with E-state index < -0.39 is 33.4 Å². The fourth-order valence-corrected chi connectivity index (χ4v) is 10.3. The van der Waals surface area contributed by atoms with Crippen LogP contribution in [-0.2, 0) is 45.8 Å². The number of hydrogen-bond donors (Lipinski definition) is 0. The Kier molecular flexibility index (Phi) is 13.6. The SMILES string of the molecule is CC(C)(C)[Si](C)(C)OCCC[C@]1(C)O[C@@H]2C[C@]3(C)O[C@H](COCc4ccccc4)[C@@H](OCc4ccccc4)C[C@H]3O[C@@]2(C)CC[C@H]1O[Si](C)(C)C(C)(C)C. The Bertz CT molecular complexity index is 1470. The second kappa shape index (κ2) is 16.8. The Balaban J connectivity index is 1.37. The molecule has 0 unspecified atom stereocenters. The molecule has 3 aliphatic heterocycles. The summed E-state index contributed by atoms with van der Waals surface area (Å²) < 4.78 is 48.9. The van der Waals surface area contributed by atoms with Crippen molar-refractivity contribution < 1.29 is 32.5 Å². The van der Waals surface area contributed by atoms with Crippen molar-refractivity contribution in [3.05, 3.63) is 71.8 Å². The first kappa shape index (κ1) is 43.7. The third-order valence-electron chi connectivity index (χ3n) is 13.7. The van der Waals surface area contributed by atoms with Crippen LogP contribution in [0.15, 0.2) is 60.7 Å². The van der Waals surface area contributed by atoms with Gasteiger partial charge in [-0.05, 0) is 93.8 Å². The van der Waals surface area contributed by atoms with Crippen LogP contribution >= 0.6 is 0 Å². The molecule has 3 saturated heterocycles. The Hall–Kier alpha value is -1.41. The molecule has 5 rings (SSSR count). The van der Waals surface area contributed by atoms with Crippen molar-refractivity contribution in [2.45, 2.75) is 198 Å². The minimum atomic E-state index is -2.12. The number of ether oxygens (including phenoxy) is 5. The molecule has 0 amide bonds. The van der Waals surface area contributed by atoms with Crippen LogP contribution in [0.3, 0.4) is 0 Å². The van der Waals surface area contributed by atoms with Crippen LogP contribution in [0, 0.1) is 0 Å². The molecule has 304 valence electrons. The van der Waals surface area contributed by atoms with E-state index >= 15 is 0 Å². The van der Waals surface area contributed by atoms with Crippen LogP contribution in [0.4, 0.5) is 0 Å². The van der Waals surface area contributed by atoms with E-state index in [1.165, 1.54) is 0 Å². The molecule has 0 N–H and O–H groups in total. The second-order valence-electron chi connectivity index (χ2n) is 20.2. The van der Waals surface area contributed by atoms with Crippen LogP contribution < -0.4 is 0 Å². The van der Waals surface area contributed by atoms with Gasteiger partial charge in [-0.3, -0.25) is 0 Å². The summed E-state index contributed by atoms with van der Waals surface area (Å²) in [5.41, 5.74) is 0.731. The second-order valence-corrected chi connectivity index (χ2v) is 29.8. The maximum absolute atomic E-state index is 7.48. The van der Waals surface area contributed by atoms with Gasteiger partial charge in [-0.15, -0.1) is 0 Å². The summed E-state index contributed by atoms with van der Waals surface area (Å²) >= 11 is 0. The lowest BCUT2D eigenvalue weighted by Gasteiger charge is -2.57. The molecule has 2 aromatic rings. The number of benzene rings is 2. The molecular weight excluding hydrogens is 709 g/mol. The number of hydrogen-bond acceptors (Lipinski definition) is 7. The van der Waals surface area contributed by atoms with Gasteiger partial charge >= 0.3 is 0 Å². The molecular formula is C45H74O7Si2. The van der Waals surface area contributed by atoms with Crippen LogP contribution in [0.25, 0.3) is 0 Å². The van der Waals surface area contributed by atoms with E-state index in [0.29, 0.717) is 19.8 Å². The van der Waals surface area contributed by atoms with Gasteiger partial charge in [0.2, 0.25) is 0 Å². The predicted octanol–water partition coefficient (Wildman–Crippen LogP) is 11.0. The number of fused-ring (bicyclic) bond motifs is 2. The van der Waals surface area contributed by atoms with Gasteiger partial charge < -0.3 is 32.5 Å². The molecule has 0 radical (unpaired) electrons. The zero-order chi connectivity index (χ0) is 39.6. The zero-order valence-electron chi connectivity index (χ0n) is 36.1. The molecule has 3 heterocycles. The average Bonchev–Trinajstić information content (AvgIpc) is 3.17. The van der Waals surface area contributed by atoms with Crippen LogP contribution in [0.1, 0.15) is 112 Å². The van der Waals surface area contributed by atoms with Crippen molar-refractivity contribution in [1.29, 1.82) is 0 Å².